The number of nitrogens with one attached hydrogen (secondary N) is 2. The molecule has 2 N–H and O–H groups in total. The van der Waals surface area contributed by atoms with Gasteiger partial charge in [-0.05, 0) is 37.5 Å². The van der Waals surface area contributed by atoms with Crippen molar-refractivity contribution in [1.29, 1.82) is 0 Å². The molecule has 0 radical (unpaired) electrons. The standard InChI is InChI=1S/C18H21F2N3O4/c1-18(11-6-8-13(9-7-11)27-16(19)20)15(25)23(17(26)22-18)10-14(24)21-12-4-2-3-5-12/h6-9,12,16H,2-5,10H2,1H3,(H,21,24)(H,22,26)/t18-/m0/s1. The summed E-state index contributed by atoms with van der Waals surface area (Å²) in [5.74, 6) is -1.01. The summed E-state index contributed by atoms with van der Waals surface area (Å²) in [6, 6.07) is 4.86. The maximum Gasteiger partial charge on any atom is 0.387 e. The van der Waals surface area contributed by atoms with Crippen LogP contribution in [0.3, 0.4) is 0 Å². The number of hydrogen-bond acceptors (Lipinski definition) is 4. The van der Waals surface area contributed by atoms with Crippen molar-refractivity contribution in [2.45, 2.75) is 50.8 Å². The summed E-state index contributed by atoms with van der Waals surface area (Å²) in [6.07, 6.45) is 3.90. The Morgan fingerprint density at radius 1 is 1.30 bits per heavy atom. The van der Waals surface area contributed by atoms with Gasteiger partial charge in [0.25, 0.3) is 5.91 Å². The number of carbonyl (C=O) groups is 3. The van der Waals surface area contributed by atoms with E-state index in [2.05, 4.69) is 15.4 Å². The molecule has 1 aliphatic carbocycles. The lowest BCUT2D eigenvalue weighted by Gasteiger charge is -2.22. The monoisotopic (exact) mass is 381 g/mol. The molecule has 1 saturated carbocycles. The Morgan fingerprint density at radius 3 is 2.52 bits per heavy atom. The number of carbonyl (C=O) groups excluding carboxylic acids is 3. The van der Waals surface area contributed by atoms with Crippen molar-refractivity contribution >= 4 is 17.8 Å². The van der Waals surface area contributed by atoms with Crippen LogP contribution in [0, 0.1) is 0 Å². The van der Waals surface area contributed by atoms with Gasteiger partial charge in [0.05, 0.1) is 0 Å². The smallest absolute Gasteiger partial charge is 0.387 e. The molecule has 1 saturated heterocycles. The summed E-state index contributed by atoms with van der Waals surface area (Å²) in [6.45, 7) is -1.80. The molecule has 0 spiro atoms. The topological polar surface area (TPSA) is 87.7 Å². The zero-order chi connectivity index (χ0) is 19.6. The van der Waals surface area contributed by atoms with E-state index < -0.39 is 24.1 Å². The number of hydrogen-bond donors (Lipinski definition) is 2. The van der Waals surface area contributed by atoms with Gasteiger partial charge < -0.3 is 15.4 Å². The Balaban J connectivity index is 1.69. The average Bonchev–Trinajstić information content (AvgIpc) is 3.18. The van der Waals surface area contributed by atoms with Crippen molar-refractivity contribution < 1.29 is 27.9 Å². The first kappa shape index (κ1) is 19.1. The molecule has 0 unspecified atom stereocenters. The molecule has 1 heterocycles. The van der Waals surface area contributed by atoms with Gasteiger partial charge >= 0.3 is 12.6 Å². The van der Waals surface area contributed by atoms with Crippen LogP contribution in [0.25, 0.3) is 0 Å². The Morgan fingerprint density at radius 2 is 1.93 bits per heavy atom. The lowest BCUT2D eigenvalue weighted by atomic mass is 9.92. The minimum Gasteiger partial charge on any atom is -0.435 e. The molecule has 1 aromatic rings. The van der Waals surface area contributed by atoms with Crippen molar-refractivity contribution in [3.8, 4) is 5.75 Å². The predicted molar refractivity (Wildman–Crippen MR) is 91.1 cm³/mol. The molecule has 0 bridgehead atoms. The largest absolute Gasteiger partial charge is 0.435 e. The fraction of sp³-hybridized carbons (Fsp3) is 0.500. The van der Waals surface area contributed by atoms with Gasteiger partial charge in [0.2, 0.25) is 5.91 Å². The number of imide groups is 1. The molecule has 27 heavy (non-hydrogen) atoms. The van der Waals surface area contributed by atoms with Gasteiger partial charge in [-0.3, -0.25) is 14.5 Å². The second kappa shape index (κ2) is 7.50. The van der Waals surface area contributed by atoms with Gasteiger partial charge in [-0.15, -0.1) is 0 Å². The fourth-order valence-electron chi connectivity index (χ4n) is 3.49. The summed E-state index contributed by atoms with van der Waals surface area (Å²) in [7, 11) is 0. The first-order chi connectivity index (χ1) is 12.8. The van der Waals surface area contributed by atoms with Crippen LogP contribution >= 0.6 is 0 Å². The molecule has 0 aromatic heterocycles. The van der Waals surface area contributed by atoms with Crippen LogP contribution in [0.5, 0.6) is 5.75 Å². The van der Waals surface area contributed by atoms with Crippen LogP contribution in [0.1, 0.15) is 38.2 Å². The molecule has 2 aliphatic rings. The molecule has 7 nitrogen and oxygen atoms in total. The fourth-order valence-corrected chi connectivity index (χ4v) is 3.49. The molecule has 146 valence electrons. The van der Waals surface area contributed by atoms with Crippen LogP contribution in [-0.4, -0.2) is 41.9 Å². The van der Waals surface area contributed by atoms with Gasteiger partial charge in [0.1, 0.15) is 17.8 Å². The summed E-state index contributed by atoms with van der Waals surface area (Å²) in [4.78, 5) is 38.1. The van der Waals surface area contributed by atoms with Crippen molar-refractivity contribution in [2.24, 2.45) is 0 Å². The summed E-state index contributed by atoms with van der Waals surface area (Å²) in [5.41, 5.74) is -0.977. The highest BCUT2D eigenvalue weighted by Gasteiger charge is 2.49. The first-order valence-corrected chi connectivity index (χ1v) is 8.78. The summed E-state index contributed by atoms with van der Waals surface area (Å²) < 4.78 is 28.8. The van der Waals surface area contributed by atoms with Gasteiger partial charge in [-0.25, -0.2) is 4.79 Å². The van der Waals surface area contributed by atoms with E-state index in [1.807, 2.05) is 0 Å². The van der Waals surface area contributed by atoms with E-state index in [1.165, 1.54) is 31.2 Å². The number of benzene rings is 1. The van der Waals surface area contributed by atoms with E-state index in [-0.39, 0.29) is 24.2 Å². The van der Waals surface area contributed by atoms with E-state index in [4.69, 9.17) is 0 Å². The van der Waals surface area contributed by atoms with Crippen LogP contribution in [0.2, 0.25) is 0 Å². The molecule has 2 fully saturated rings. The summed E-state index contributed by atoms with van der Waals surface area (Å²) in [5, 5.41) is 5.41. The second-order valence-electron chi connectivity index (χ2n) is 6.90. The molecular weight excluding hydrogens is 360 g/mol. The van der Waals surface area contributed by atoms with Crippen LogP contribution in [-0.2, 0) is 15.1 Å². The number of nitrogens with zero attached hydrogens (tertiary/aromatic N) is 1. The van der Waals surface area contributed by atoms with Crippen molar-refractivity contribution in [3.05, 3.63) is 29.8 Å². The third-order valence-corrected chi connectivity index (χ3v) is 4.95. The third kappa shape index (κ3) is 4.01. The first-order valence-electron chi connectivity index (χ1n) is 8.78. The zero-order valence-corrected chi connectivity index (χ0v) is 14.8. The maximum absolute atomic E-state index is 12.8. The Labute approximate surface area is 155 Å². The number of rotatable bonds is 6. The third-order valence-electron chi connectivity index (χ3n) is 4.95. The maximum atomic E-state index is 12.8. The van der Waals surface area contributed by atoms with Gasteiger partial charge in [-0.1, -0.05) is 25.0 Å². The number of halogens is 2. The number of alkyl halides is 2. The Hall–Kier alpha value is -2.71. The van der Waals surface area contributed by atoms with Crippen molar-refractivity contribution in [1.82, 2.24) is 15.5 Å². The minimum absolute atomic E-state index is 0.0538. The van der Waals surface area contributed by atoms with Gasteiger partial charge in [0, 0.05) is 6.04 Å². The minimum atomic E-state index is -2.95. The lowest BCUT2D eigenvalue weighted by molar-refractivity contribution is -0.135. The molecule has 4 amide bonds. The van der Waals surface area contributed by atoms with E-state index >= 15 is 0 Å². The molecule has 9 heteroatoms. The lowest BCUT2D eigenvalue weighted by Crippen LogP contribution is -2.45. The predicted octanol–water partition coefficient (Wildman–Crippen LogP) is 2.11. The molecule has 3 rings (SSSR count). The van der Waals surface area contributed by atoms with Crippen LogP contribution in [0.4, 0.5) is 13.6 Å². The van der Waals surface area contributed by atoms with Gasteiger partial charge in [-0.2, -0.15) is 8.78 Å². The van der Waals surface area contributed by atoms with E-state index in [0.717, 1.165) is 30.6 Å². The SMILES string of the molecule is C[C@@]1(c2ccc(OC(F)F)cc2)NC(=O)N(CC(=O)NC2CCCC2)C1=O. The van der Waals surface area contributed by atoms with Crippen LogP contribution < -0.4 is 15.4 Å². The molecular formula is C18H21F2N3O4. The Kier molecular flexibility index (Phi) is 5.29. The van der Waals surface area contributed by atoms with E-state index in [9.17, 15) is 23.2 Å². The molecule has 1 aliphatic heterocycles. The average molecular weight is 381 g/mol. The van der Waals surface area contributed by atoms with Crippen molar-refractivity contribution in [2.75, 3.05) is 6.54 Å². The quantitative estimate of drug-likeness (QED) is 0.739. The number of ether oxygens (including phenoxy) is 1. The summed E-state index contributed by atoms with van der Waals surface area (Å²) >= 11 is 0. The molecule has 1 atom stereocenters. The highest BCUT2D eigenvalue weighted by atomic mass is 19.3. The normalized spacial score (nSPS) is 23.0. The second-order valence-corrected chi connectivity index (χ2v) is 6.90. The van der Waals surface area contributed by atoms with Crippen molar-refractivity contribution in [3.63, 3.8) is 0 Å². The number of urea groups is 1. The Bertz CT molecular complexity index is 735. The van der Waals surface area contributed by atoms with Gasteiger partial charge in [0.15, 0.2) is 0 Å². The number of amides is 4. The van der Waals surface area contributed by atoms with E-state index in [1.54, 1.807) is 0 Å². The highest BCUT2D eigenvalue weighted by molar-refractivity contribution is 6.09. The van der Waals surface area contributed by atoms with E-state index in [0.29, 0.717) is 5.56 Å². The molecule has 1 aromatic carbocycles. The zero-order valence-electron chi connectivity index (χ0n) is 14.8. The van der Waals surface area contributed by atoms with Crippen LogP contribution in [0.15, 0.2) is 24.3 Å². The highest BCUT2D eigenvalue weighted by Crippen LogP contribution is 2.30.